The molecular weight excluding hydrogens is 497 g/mol. The summed E-state index contributed by atoms with van der Waals surface area (Å²) in [4.78, 5) is 38.2. The van der Waals surface area contributed by atoms with Crippen LogP contribution in [0.15, 0.2) is 54.1 Å². The first-order valence-corrected chi connectivity index (χ1v) is 11.1. The number of hydrogen-bond donors (Lipinski definition) is 2. The number of aromatic nitrogens is 1. The van der Waals surface area contributed by atoms with Crippen LogP contribution in [0.4, 0.5) is 5.69 Å². The van der Waals surface area contributed by atoms with E-state index in [4.69, 9.17) is 40.5 Å². The van der Waals surface area contributed by atoms with Crippen LogP contribution in [0.5, 0.6) is 0 Å². The number of anilines is 1. The molecule has 0 unspecified atom stereocenters. The zero-order chi connectivity index (χ0) is 24.7. The Labute approximate surface area is 210 Å². The van der Waals surface area contributed by atoms with E-state index in [9.17, 15) is 14.4 Å². The average molecular weight is 514 g/mol. The molecule has 1 aliphatic rings. The molecular formula is C24H17Cl2N3O4S. The van der Waals surface area contributed by atoms with E-state index >= 15 is 0 Å². The Morgan fingerprint density at radius 1 is 1.06 bits per heavy atom. The standard InChI is InChI=1S/C24H17Cl2N3O4S/c1-12-9-15(13(2)28(12)20-11-16(25)5-8-19(20)26)10-18-21(30)27-24(34)29(22(18)31)17-6-3-14(4-7-17)23(32)33/h3-11H,1-2H3,(H,32,33)(H,27,30,34)/b18-10+. The molecule has 4 rings (SSSR count). The Morgan fingerprint density at radius 3 is 2.38 bits per heavy atom. The number of carbonyl (C=O) groups excluding carboxylic acids is 2. The summed E-state index contributed by atoms with van der Waals surface area (Å²) in [5.74, 6) is -2.34. The van der Waals surface area contributed by atoms with Gasteiger partial charge in [-0.1, -0.05) is 23.2 Å². The van der Waals surface area contributed by atoms with Gasteiger partial charge in [0, 0.05) is 16.4 Å². The Morgan fingerprint density at radius 2 is 1.74 bits per heavy atom. The molecule has 0 saturated carbocycles. The Bertz CT molecular complexity index is 1410. The lowest BCUT2D eigenvalue weighted by atomic mass is 10.1. The molecule has 7 nitrogen and oxygen atoms in total. The number of nitrogens with zero attached hydrogens (tertiary/aromatic N) is 2. The molecule has 2 N–H and O–H groups in total. The maximum Gasteiger partial charge on any atom is 0.335 e. The molecule has 172 valence electrons. The lowest BCUT2D eigenvalue weighted by Crippen LogP contribution is -2.54. The monoisotopic (exact) mass is 513 g/mol. The lowest BCUT2D eigenvalue weighted by molar-refractivity contribution is -0.122. The molecule has 2 aromatic carbocycles. The molecule has 1 fully saturated rings. The molecule has 0 bridgehead atoms. The average Bonchev–Trinajstić information content (AvgIpc) is 3.06. The number of aromatic carboxylic acids is 1. The predicted octanol–water partition coefficient (Wildman–Crippen LogP) is 4.93. The lowest BCUT2D eigenvalue weighted by Gasteiger charge is -2.29. The van der Waals surface area contributed by atoms with Crippen molar-refractivity contribution in [3.8, 4) is 5.69 Å². The number of rotatable bonds is 4. The number of carboxylic acid groups (broad SMARTS) is 1. The molecule has 0 spiro atoms. The fraction of sp³-hybridized carbons (Fsp3) is 0.0833. The van der Waals surface area contributed by atoms with E-state index in [-0.39, 0.29) is 16.2 Å². The van der Waals surface area contributed by atoms with E-state index in [1.54, 1.807) is 18.2 Å². The number of nitrogens with one attached hydrogen (secondary N) is 1. The molecule has 0 atom stereocenters. The van der Waals surface area contributed by atoms with Crippen LogP contribution in [0.25, 0.3) is 11.8 Å². The minimum atomic E-state index is -1.09. The van der Waals surface area contributed by atoms with Gasteiger partial charge in [-0.15, -0.1) is 0 Å². The zero-order valence-corrected chi connectivity index (χ0v) is 20.3. The second-order valence-electron chi connectivity index (χ2n) is 7.57. The summed E-state index contributed by atoms with van der Waals surface area (Å²) >= 11 is 17.7. The highest BCUT2D eigenvalue weighted by Gasteiger charge is 2.34. The number of amides is 2. The largest absolute Gasteiger partial charge is 0.478 e. The first-order valence-electron chi connectivity index (χ1n) is 9.97. The number of halogens is 2. The number of benzene rings is 2. The van der Waals surface area contributed by atoms with Crippen molar-refractivity contribution in [2.45, 2.75) is 13.8 Å². The van der Waals surface area contributed by atoms with Crippen LogP contribution in [0.2, 0.25) is 10.0 Å². The third-order valence-corrected chi connectivity index (χ3v) is 6.23. The first kappa shape index (κ1) is 23.7. The number of carbonyl (C=O) groups is 3. The molecule has 1 aromatic heterocycles. The molecule has 0 aliphatic carbocycles. The topological polar surface area (TPSA) is 91.6 Å². The fourth-order valence-corrected chi connectivity index (χ4v) is 4.41. The van der Waals surface area contributed by atoms with Crippen molar-refractivity contribution in [3.63, 3.8) is 0 Å². The maximum absolute atomic E-state index is 13.3. The van der Waals surface area contributed by atoms with Crippen LogP contribution in [0.3, 0.4) is 0 Å². The van der Waals surface area contributed by atoms with E-state index in [0.29, 0.717) is 27.0 Å². The smallest absolute Gasteiger partial charge is 0.335 e. The highest BCUT2D eigenvalue weighted by molar-refractivity contribution is 7.80. The van der Waals surface area contributed by atoms with Crippen LogP contribution in [-0.4, -0.2) is 32.6 Å². The van der Waals surface area contributed by atoms with Gasteiger partial charge < -0.3 is 9.67 Å². The Hall–Kier alpha value is -3.46. The number of carboxylic acids is 1. The second-order valence-corrected chi connectivity index (χ2v) is 8.80. The maximum atomic E-state index is 13.3. The van der Waals surface area contributed by atoms with Crippen molar-refractivity contribution < 1.29 is 19.5 Å². The molecule has 1 saturated heterocycles. The van der Waals surface area contributed by atoms with Gasteiger partial charge in [0.1, 0.15) is 5.57 Å². The van der Waals surface area contributed by atoms with Gasteiger partial charge in [-0.2, -0.15) is 0 Å². The van der Waals surface area contributed by atoms with Crippen LogP contribution in [0, 0.1) is 13.8 Å². The van der Waals surface area contributed by atoms with Gasteiger partial charge in [-0.05, 0) is 86.2 Å². The number of hydrogen-bond acceptors (Lipinski definition) is 4. The number of thiocarbonyl (C=S) groups is 1. The summed E-state index contributed by atoms with van der Waals surface area (Å²) in [6, 6.07) is 12.6. The number of aryl methyl sites for hydroxylation is 1. The molecule has 0 radical (unpaired) electrons. The van der Waals surface area contributed by atoms with Crippen LogP contribution >= 0.6 is 35.4 Å². The van der Waals surface area contributed by atoms with Gasteiger partial charge in [-0.3, -0.25) is 19.8 Å². The van der Waals surface area contributed by atoms with Crippen LogP contribution < -0.4 is 10.2 Å². The minimum Gasteiger partial charge on any atom is -0.478 e. The van der Waals surface area contributed by atoms with Crippen molar-refractivity contribution in [1.29, 1.82) is 0 Å². The van der Waals surface area contributed by atoms with Crippen molar-refractivity contribution in [2.24, 2.45) is 0 Å². The SMILES string of the molecule is Cc1cc(/C=C2\C(=O)NC(=S)N(c3ccc(C(=O)O)cc3)C2=O)c(C)n1-c1cc(Cl)ccc1Cl. The fourth-order valence-electron chi connectivity index (χ4n) is 3.76. The molecule has 2 heterocycles. The van der Waals surface area contributed by atoms with Gasteiger partial charge in [-0.25, -0.2) is 4.79 Å². The zero-order valence-electron chi connectivity index (χ0n) is 17.9. The third-order valence-electron chi connectivity index (χ3n) is 5.39. The Kier molecular flexibility index (Phi) is 6.31. The summed E-state index contributed by atoms with van der Waals surface area (Å²) in [6.45, 7) is 3.72. The van der Waals surface area contributed by atoms with E-state index in [0.717, 1.165) is 16.3 Å². The first-order chi connectivity index (χ1) is 16.1. The van der Waals surface area contributed by atoms with Crippen molar-refractivity contribution in [1.82, 2.24) is 9.88 Å². The van der Waals surface area contributed by atoms with Gasteiger partial charge in [0.15, 0.2) is 5.11 Å². The van der Waals surface area contributed by atoms with Crippen LogP contribution in [0.1, 0.15) is 27.3 Å². The van der Waals surface area contributed by atoms with E-state index in [1.165, 1.54) is 30.3 Å². The van der Waals surface area contributed by atoms with Gasteiger partial charge in [0.05, 0.1) is 22.0 Å². The third kappa shape index (κ3) is 4.23. The summed E-state index contributed by atoms with van der Waals surface area (Å²) in [7, 11) is 0. The van der Waals surface area contributed by atoms with Crippen molar-refractivity contribution >= 4 is 70.1 Å². The molecule has 1 aliphatic heterocycles. The summed E-state index contributed by atoms with van der Waals surface area (Å²) in [5.41, 5.74) is 3.17. The van der Waals surface area contributed by atoms with E-state index < -0.39 is 17.8 Å². The van der Waals surface area contributed by atoms with Gasteiger partial charge in [0.25, 0.3) is 11.8 Å². The quantitative estimate of drug-likeness (QED) is 0.293. The van der Waals surface area contributed by atoms with Crippen molar-refractivity contribution in [2.75, 3.05) is 4.90 Å². The van der Waals surface area contributed by atoms with Crippen LogP contribution in [-0.2, 0) is 9.59 Å². The summed E-state index contributed by atoms with van der Waals surface area (Å²) in [6.07, 6.45) is 1.50. The van der Waals surface area contributed by atoms with E-state index in [2.05, 4.69) is 5.32 Å². The molecule has 2 amide bonds. The highest BCUT2D eigenvalue weighted by Crippen LogP contribution is 2.30. The molecule has 34 heavy (non-hydrogen) atoms. The van der Waals surface area contributed by atoms with Crippen molar-refractivity contribution in [3.05, 3.63) is 86.7 Å². The minimum absolute atomic E-state index is 0.0612. The normalized spacial score (nSPS) is 15.1. The van der Waals surface area contributed by atoms with Gasteiger partial charge in [0.2, 0.25) is 0 Å². The summed E-state index contributed by atoms with van der Waals surface area (Å²) < 4.78 is 1.89. The Balaban J connectivity index is 1.76. The highest BCUT2D eigenvalue weighted by atomic mass is 35.5. The molecule has 10 heteroatoms. The summed E-state index contributed by atoms with van der Waals surface area (Å²) in [5, 5.41) is 12.6. The second kappa shape index (κ2) is 9.06. The van der Waals surface area contributed by atoms with E-state index in [1.807, 2.05) is 24.5 Å². The molecule has 3 aromatic rings. The van der Waals surface area contributed by atoms with Gasteiger partial charge >= 0.3 is 5.97 Å². The predicted molar refractivity (Wildman–Crippen MR) is 135 cm³/mol.